The Morgan fingerprint density at radius 2 is 2.33 bits per heavy atom. The summed E-state index contributed by atoms with van der Waals surface area (Å²) in [5, 5.41) is 17.8. The van der Waals surface area contributed by atoms with Crippen LogP contribution in [0.25, 0.3) is 0 Å². The highest BCUT2D eigenvalue weighted by Crippen LogP contribution is 2.32. The van der Waals surface area contributed by atoms with E-state index in [-0.39, 0.29) is 6.42 Å². The largest absolute Gasteiger partial charge is 0.480 e. The van der Waals surface area contributed by atoms with E-state index in [2.05, 4.69) is 0 Å². The number of hydrogen-bond donors (Lipinski definition) is 1. The van der Waals surface area contributed by atoms with Crippen molar-refractivity contribution in [3.63, 3.8) is 0 Å². The maximum atomic E-state index is 10.9. The predicted molar refractivity (Wildman–Crippen MR) is 45.4 cm³/mol. The molecule has 0 heterocycles. The average Bonchev–Trinajstić information content (AvgIpc) is 1.96. The van der Waals surface area contributed by atoms with Gasteiger partial charge in [0.05, 0.1) is 6.07 Å². The van der Waals surface area contributed by atoms with Gasteiger partial charge in [-0.15, -0.1) is 0 Å². The van der Waals surface area contributed by atoms with Gasteiger partial charge in [0.25, 0.3) is 0 Å². The minimum absolute atomic E-state index is 0.218. The lowest BCUT2D eigenvalue weighted by Gasteiger charge is -2.24. The van der Waals surface area contributed by atoms with E-state index in [1.54, 1.807) is 13.0 Å². The van der Waals surface area contributed by atoms with Gasteiger partial charge in [-0.1, -0.05) is 27.2 Å². The first kappa shape index (κ1) is 9.05. The highest BCUT2D eigenvalue weighted by atomic mass is 16.4. The number of aliphatic carboxylic acids is 1. The third-order valence-corrected chi connectivity index (χ3v) is 2.03. The van der Waals surface area contributed by atoms with Gasteiger partial charge in [-0.05, 0) is 12.3 Å². The van der Waals surface area contributed by atoms with Gasteiger partial charge in [0, 0.05) is 1.37 Å². The molecule has 68 valence electrons. The molecule has 0 aliphatic carbocycles. The van der Waals surface area contributed by atoms with Crippen LogP contribution in [-0.2, 0) is 4.79 Å². The lowest BCUT2D eigenvalue weighted by Crippen LogP contribution is -2.34. The lowest BCUT2D eigenvalue weighted by atomic mass is 9.75. The van der Waals surface area contributed by atoms with Crippen molar-refractivity contribution in [2.75, 3.05) is 0 Å². The van der Waals surface area contributed by atoms with E-state index < -0.39 is 17.3 Å². The van der Waals surface area contributed by atoms with E-state index in [4.69, 9.17) is 11.7 Å². The number of nitrogens with zero attached hydrogens (tertiary/aromatic N) is 1. The summed E-state index contributed by atoms with van der Waals surface area (Å²) in [6, 6.07) is 1.77. The van der Waals surface area contributed by atoms with Gasteiger partial charge < -0.3 is 5.11 Å². The molecule has 3 heteroatoms. The van der Waals surface area contributed by atoms with Crippen LogP contribution >= 0.6 is 0 Å². The van der Waals surface area contributed by atoms with Gasteiger partial charge in [0.2, 0.25) is 0 Å². The van der Waals surface area contributed by atoms with Gasteiger partial charge in [-0.2, -0.15) is 5.26 Å². The van der Waals surface area contributed by atoms with E-state index in [9.17, 15) is 4.79 Å². The maximum absolute atomic E-state index is 10.9. The first-order valence-corrected chi connectivity index (χ1v) is 3.96. The molecule has 0 saturated carbocycles. The van der Waals surface area contributed by atoms with Gasteiger partial charge >= 0.3 is 5.97 Å². The Morgan fingerprint density at radius 3 is 2.42 bits per heavy atom. The number of rotatable bonds is 4. The second-order valence-corrected chi connectivity index (χ2v) is 3.07. The standard InChI is InChI=1S/C9H15NO2/c1-4-5-9(6-10,7(2)3)8(11)12/h7H,4-5H2,1-3H3,(H,11,12)/i7D. The van der Waals surface area contributed by atoms with Crippen LogP contribution in [0.3, 0.4) is 0 Å². The normalized spacial score (nSPS) is 17.3. The Kier molecular flexibility index (Phi) is 3.09. The Hall–Kier alpha value is -1.04. The van der Waals surface area contributed by atoms with Crippen LogP contribution in [0.15, 0.2) is 0 Å². The molecule has 0 amide bonds. The summed E-state index contributed by atoms with van der Waals surface area (Å²) in [6.45, 7) is 4.72. The summed E-state index contributed by atoms with van der Waals surface area (Å²) < 4.78 is 7.67. The number of hydrogen-bond acceptors (Lipinski definition) is 2. The molecule has 12 heavy (non-hydrogen) atoms. The number of carbonyl (C=O) groups is 1. The fraction of sp³-hybridized carbons (Fsp3) is 0.778. The second kappa shape index (κ2) is 4.10. The third-order valence-electron chi connectivity index (χ3n) is 2.03. The van der Waals surface area contributed by atoms with Crippen LogP contribution in [0.4, 0.5) is 0 Å². The van der Waals surface area contributed by atoms with Crippen LogP contribution in [0, 0.1) is 22.6 Å². The van der Waals surface area contributed by atoms with Crippen molar-refractivity contribution >= 4 is 5.97 Å². The van der Waals surface area contributed by atoms with Crippen molar-refractivity contribution in [3.05, 3.63) is 0 Å². The lowest BCUT2D eigenvalue weighted by molar-refractivity contribution is -0.148. The molecule has 0 fully saturated rings. The fourth-order valence-corrected chi connectivity index (χ4v) is 1.16. The zero-order chi connectivity index (χ0) is 10.7. The zero-order valence-corrected chi connectivity index (χ0v) is 7.72. The molecule has 1 N–H and O–H groups in total. The first-order chi connectivity index (χ1) is 5.81. The predicted octanol–water partition coefficient (Wildman–Crippen LogP) is 2.04. The van der Waals surface area contributed by atoms with Crippen LogP contribution in [0.2, 0.25) is 0 Å². The molecule has 0 aliphatic rings. The summed E-state index contributed by atoms with van der Waals surface area (Å²) >= 11 is 0. The monoisotopic (exact) mass is 170 g/mol. The summed E-state index contributed by atoms with van der Waals surface area (Å²) in [5.74, 6) is -2.47. The van der Waals surface area contributed by atoms with Gasteiger partial charge in [0.1, 0.15) is 0 Å². The van der Waals surface area contributed by atoms with E-state index in [0.717, 1.165) is 0 Å². The van der Waals surface area contributed by atoms with Gasteiger partial charge in [-0.25, -0.2) is 0 Å². The van der Waals surface area contributed by atoms with Gasteiger partial charge in [0.15, 0.2) is 5.41 Å². The van der Waals surface area contributed by atoms with Crippen molar-refractivity contribution in [1.82, 2.24) is 0 Å². The van der Waals surface area contributed by atoms with Crippen LogP contribution < -0.4 is 0 Å². The summed E-state index contributed by atoms with van der Waals surface area (Å²) in [4.78, 5) is 10.9. The quantitative estimate of drug-likeness (QED) is 0.702. The number of carboxylic acid groups (broad SMARTS) is 1. The SMILES string of the molecule is [2H]C(C)(C)C(C#N)(CCC)C(=O)O. The smallest absolute Gasteiger partial charge is 0.324 e. The van der Waals surface area contributed by atoms with Crippen LogP contribution in [-0.4, -0.2) is 11.1 Å². The van der Waals surface area contributed by atoms with E-state index in [1.165, 1.54) is 13.8 Å². The van der Waals surface area contributed by atoms with Crippen molar-refractivity contribution in [2.45, 2.75) is 33.6 Å². The highest BCUT2D eigenvalue weighted by molar-refractivity contribution is 5.78. The molecule has 3 nitrogen and oxygen atoms in total. The van der Waals surface area contributed by atoms with Crippen LogP contribution in [0.1, 0.15) is 35.0 Å². The Balaban J connectivity index is 5.15. The van der Waals surface area contributed by atoms with Gasteiger partial charge in [-0.3, -0.25) is 4.79 Å². The molecule has 0 bridgehead atoms. The molecule has 0 rings (SSSR count). The molecule has 0 aromatic carbocycles. The Labute approximate surface area is 74.4 Å². The molecular weight excluding hydrogens is 154 g/mol. The molecule has 0 spiro atoms. The number of carboxylic acids is 1. The molecule has 0 aromatic heterocycles. The van der Waals surface area contributed by atoms with Crippen molar-refractivity contribution in [3.8, 4) is 6.07 Å². The minimum atomic E-state index is -1.58. The highest BCUT2D eigenvalue weighted by Gasteiger charge is 2.41. The molecule has 0 aromatic rings. The Bertz CT molecular complexity index is 239. The van der Waals surface area contributed by atoms with Crippen molar-refractivity contribution in [1.29, 1.82) is 5.26 Å². The molecule has 0 aliphatic heterocycles. The van der Waals surface area contributed by atoms with Crippen molar-refractivity contribution in [2.24, 2.45) is 11.3 Å². The maximum Gasteiger partial charge on any atom is 0.324 e. The Morgan fingerprint density at radius 1 is 1.83 bits per heavy atom. The molecule has 0 saturated heterocycles. The molecule has 1 atom stereocenters. The molecule has 0 radical (unpaired) electrons. The topological polar surface area (TPSA) is 61.1 Å². The minimum Gasteiger partial charge on any atom is -0.480 e. The molecule has 1 unspecified atom stereocenters. The first-order valence-electron chi connectivity index (χ1n) is 4.46. The average molecular weight is 170 g/mol. The number of nitriles is 1. The summed E-state index contributed by atoms with van der Waals surface area (Å²) in [7, 11) is 0. The fourth-order valence-electron chi connectivity index (χ4n) is 1.16. The zero-order valence-electron chi connectivity index (χ0n) is 8.72. The van der Waals surface area contributed by atoms with E-state index >= 15 is 0 Å². The second-order valence-electron chi connectivity index (χ2n) is 3.07. The van der Waals surface area contributed by atoms with Crippen LogP contribution in [0.5, 0.6) is 0 Å². The van der Waals surface area contributed by atoms with E-state index in [1.807, 2.05) is 0 Å². The summed E-state index contributed by atoms with van der Waals surface area (Å²) in [6.07, 6.45) is 0.803. The van der Waals surface area contributed by atoms with E-state index in [0.29, 0.717) is 6.42 Å². The third kappa shape index (κ3) is 1.76. The summed E-state index contributed by atoms with van der Waals surface area (Å²) in [5.41, 5.74) is -1.58. The molecular formula is C9H15NO2. The van der Waals surface area contributed by atoms with Crippen molar-refractivity contribution < 1.29 is 11.3 Å².